The van der Waals surface area contributed by atoms with Crippen molar-refractivity contribution in [3.05, 3.63) is 30.2 Å². The smallest absolute Gasteiger partial charge is 0.125 e. The lowest BCUT2D eigenvalue weighted by molar-refractivity contribution is 0.0580. The van der Waals surface area contributed by atoms with Crippen LogP contribution in [0, 0.1) is 5.82 Å². The van der Waals surface area contributed by atoms with E-state index in [1.54, 1.807) is 24.7 Å². The second kappa shape index (κ2) is 3.31. The Labute approximate surface area is 88.5 Å². The Bertz CT molecular complexity index is 491. The molecule has 15 heavy (non-hydrogen) atoms. The molecule has 2 rings (SSSR count). The average molecular weight is 209 g/mol. The zero-order valence-corrected chi connectivity index (χ0v) is 8.66. The highest BCUT2D eigenvalue weighted by atomic mass is 19.1. The van der Waals surface area contributed by atoms with Crippen molar-refractivity contribution < 1.29 is 10.9 Å². The molecular weight excluding hydrogens is 195 g/mol. The molecule has 0 amide bonds. The maximum Gasteiger partial charge on any atom is 0.125 e. The van der Waals surface area contributed by atoms with Gasteiger partial charge in [0.1, 0.15) is 5.82 Å². The van der Waals surface area contributed by atoms with Gasteiger partial charge in [0.2, 0.25) is 0 Å². The zero-order chi connectivity index (χ0) is 11.9. The number of hydrogen-bond acceptors (Lipinski definition) is 2. The van der Waals surface area contributed by atoms with Crippen molar-refractivity contribution in [2.24, 2.45) is 0 Å². The second-order valence-corrected chi connectivity index (χ2v) is 4.26. The molecule has 1 N–H and O–H groups in total. The van der Waals surface area contributed by atoms with Crippen LogP contribution in [0.1, 0.15) is 15.2 Å². The zero-order valence-electron chi connectivity index (χ0n) is 9.66. The number of nitrogens with zero attached hydrogens (tertiary/aromatic N) is 2. The fourth-order valence-corrected chi connectivity index (χ4v) is 1.46. The lowest BCUT2D eigenvalue weighted by Crippen LogP contribution is -2.26. The summed E-state index contributed by atoms with van der Waals surface area (Å²) >= 11 is 0. The van der Waals surface area contributed by atoms with Crippen LogP contribution in [0.4, 0.5) is 4.39 Å². The predicted molar refractivity (Wildman–Crippen MR) is 56.0 cm³/mol. The molecular formula is C11H13FN2O. The first-order chi connectivity index (χ1) is 7.35. The Morgan fingerprint density at radius 2 is 2.40 bits per heavy atom. The van der Waals surface area contributed by atoms with Crippen LogP contribution in [0.5, 0.6) is 0 Å². The van der Waals surface area contributed by atoms with Crippen LogP contribution in [0.25, 0.3) is 10.9 Å². The van der Waals surface area contributed by atoms with Gasteiger partial charge in [0.15, 0.2) is 0 Å². The fraction of sp³-hybridized carbons (Fsp3) is 0.364. The van der Waals surface area contributed by atoms with E-state index in [-0.39, 0.29) is 6.04 Å². The van der Waals surface area contributed by atoms with Crippen molar-refractivity contribution in [1.29, 1.82) is 0 Å². The van der Waals surface area contributed by atoms with E-state index >= 15 is 0 Å². The van der Waals surface area contributed by atoms with Gasteiger partial charge in [0, 0.05) is 17.6 Å². The van der Waals surface area contributed by atoms with Crippen molar-refractivity contribution in [3.8, 4) is 0 Å². The van der Waals surface area contributed by atoms with Crippen molar-refractivity contribution in [3.63, 3.8) is 0 Å². The lowest BCUT2D eigenvalue weighted by atomic mass is 10.1. The number of hydrogen-bond donors (Lipinski definition) is 1. The lowest BCUT2D eigenvalue weighted by Gasteiger charge is -2.16. The minimum Gasteiger partial charge on any atom is -0.389 e. The molecule has 0 fully saturated rings. The molecule has 1 aromatic heterocycles. The Kier molecular flexibility index (Phi) is 1.95. The first kappa shape index (κ1) is 8.85. The monoisotopic (exact) mass is 209 g/mol. The molecule has 0 saturated heterocycles. The Balaban J connectivity index is 2.44. The molecule has 4 heteroatoms. The first-order valence-electron chi connectivity index (χ1n) is 5.21. The highest BCUT2D eigenvalue weighted by Crippen LogP contribution is 2.15. The molecule has 2 aromatic rings. The van der Waals surface area contributed by atoms with Crippen LogP contribution < -0.4 is 0 Å². The number of fused-ring (bicyclic) bond motifs is 1. The summed E-state index contributed by atoms with van der Waals surface area (Å²) in [6.07, 6.45) is 1.70. The van der Waals surface area contributed by atoms with Crippen molar-refractivity contribution in [2.75, 3.05) is 0 Å². The topological polar surface area (TPSA) is 38.0 Å². The van der Waals surface area contributed by atoms with Gasteiger partial charge in [-0.25, -0.2) is 4.39 Å². The SMILES string of the molecule is [2H]c1cc2cn(CC(C)(C)O)nc2cc1F. The molecule has 0 spiro atoms. The van der Waals surface area contributed by atoms with Gasteiger partial charge in [0.25, 0.3) is 0 Å². The number of halogens is 1. The van der Waals surface area contributed by atoms with Gasteiger partial charge in [0.05, 0.1) is 19.0 Å². The highest BCUT2D eigenvalue weighted by molar-refractivity contribution is 5.77. The third kappa shape index (κ3) is 2.33. The summed E-state index contributed by atoms with van der Waals surface area (Å²) in [4.78, 5) is 0. The maximum absolute atomic E-state index is 13.1. The van der Waals surface area contributed by atoms with Gasteiger partial charge < -0.3 is 5.11 Å². The quantitative estimate of drug-likeness (QED) is 0.820. The number of aromatic nitrogens is 2. The van der Waals surface area contributed by atoms with Gasteiger partial charge >= 0.3 is 0 Å². The summed E-state index contributed by atoms with van der Waals surface area (Å²) in [5.41, 5.74) is -0.373. The molecule has 0 atom stereocenters. The Morgan fingerprint density at radius 3 is 3.07 bits per heavy atom. The van der Waals surface area contributed by atoms with Gasteiger partial charge in [-0.2, -0.15) is 5.10 Å². The minimum absolute atomic E-state index is 0.143. The van der Waals surface area contributed by atoms with Gasteiger partial charge in [-0.1, -0.05) is 0 Å². The van der Waals surface area contributed by atoms with Gasteiger partial charge in [-0.15, -0.1) is 0 Å². The molecule has 0 aliphatic rings. The van der Waals surface area contributed by atoms with Crippen LogP contribution >= 0.6 is 0 Å². The molecule has 0 aliphatic heterocycles. The van der Waals surface area contributed by atoms with E-state index in [1.165, 1.54) is 12.1 Å². The Morgan fingerprint density at radius 1 is 1.67 bits per heavy atom. The third-order valence-corrected chi connectivity index (χ3v) is 2.00. The highest BCUT2D eigenvalue weighted by Gasteiger charge is 2.14. The van der Waals surface area contributed by atoms with E-state index in [0.717, 1.165) is 0 Å². The van der Waals surface area contributed by atoms with Crippen LogP contribution in [0.2, 0.25) is 0 Å². The Hall–Kier alpha value is -1.42. The fourth-order valence-electron chi connectivity index (χ4n) is 1.46. The summed E-state index contributed by atoms with van der Waals surface area (Å²) in [5, 5.41) is 14.5. The van der Waals surface area contributed by atoms with Crippen molar-refractivity contribution >= 4 is 10.9 Å². The molecule has 1 heterocycles. The first-order valence-corrected chi connectivity index (χ1v) is 4.71. The van der Waals surface area contributed by atoms with E-state index in [2.05, 4.69) is 5.10 Å². The van der Waals surface area contributed by atoms with Crippen LogP contribution in [-0.2, 0) is 6.54 Å². The molecule has 1 aromatic carbocycles. The van der Waals surface area contributed by atoms with E-state index in [4.69, 9.17) is 1.37 Å². The summed E-state index contributed by atoms with van der Waals surface area (Å²) in [6, 6.07) is 2.52. The molecule has 80 valence electrons. The second-order valence-electron chi connectivity index (χ2n) is 4.26. The van der Waals surface area contributed by atoms with E-state index in [0.29, 0.717) is 17.4 Å². The molecule has 0 bridgehead atoms. The number of benzene rings is 1. The van der Waals surface area contributed by atoms with E-state index in [9.17, 15) is 9.50 Å². The standard InChI is InChI=1S/C11H13FN2O/c1-11(2,15)7-14-6-8-3-4-9(12)5-10(8)13-14/h3-6,15H,7H2,1-2H3/i4D. The maximum atomic E-state index is 13.1. The normalized spacial score (nSPS) is 13.2. The minimum atomic E-state index is -0.871. The van der Waals surface area contributed by atoms with Gasteiger partial charge in [-0.3, -0.25) is 4.68 Å². The average Bonchev–Trinajstić information content (AvgIpc) is 2.44. The van der Waals surface area contributed by atoms with Crippen molar-refractivity contribution in [2.45, 2.75) is 26.0 Å². The summed E-state index contributed by atoms with van der Waals surface area (Å²) in [6.45, 7) is 3.68. The predicted octanol–water partition coefficient (Wildman–Crippen LogP) is 1.95. The van der Waals surface area contributed by atoms with Crippen LogP contribution in [0.15, 0.2) is 24.4 Å². The molecule has 3 nitrogen and oxygen atoms in total. The summed E-state index contributed by atoms with van der Waals surface area (Å²) in [5.74, 6) is -0.582. The summed E-state index contributed by atoms with van der Waals surface area (Å²) in [7, 11) is 0. The van der Waals surface area contributed by atoms with Crippen molar-refractivity contribution in [1.82, 2.24) is 9.78 Å². The molecule has 0 unspecified atom stereocenters. The van der Waals surface area contributed by atoms with E-state index < -0.39 is 11.4 Å². The number of rotatable bonds is 2. The van der Waals surface area contributed by atoms with Gasteiger partial charge in [-0.05, 0) is 26.0 Å². The largest absolute Gasteiger partial charge is 0.389 e. The molecule has 0 aliphatic carbocycles. The van der Waals surface area contributed by atoms with Crippen LogP contribution in [0.3, 0.4) is 0 Å². The summed E-state index contributed by atoms with van der Waals surface area (Å²) < 4.78 is 22.0. The third-order valence-electron chi connectivity index (χ3n) is 2.00. The van der Waals surface area contributed by atoms with E-state index in [1.807, 2.05) is 0 Å². The number of aliphatic hydroxyl groups is 1. The van der Waals surface area contributed by atoms with Crippen LogP contribution in [-0.4, -0.2) is 20.5 Å². The molecule has 0 saturated carbocycles. The molecule has 0 radical (unpaired) electrons.